The van der Waals surface area contributed by atoms with Gasteiger partial charge in [-0.1, -0.05) is 19.3 Å². The Morgan fingerprint density at radius 2 is 2.12 bits per heavy atom. The molecule has 1 saturated carbocycles. The van der Waals surface area contributed by atoms with Crippen molar-refractivity contribution in [1.29, 1.82) is 0 Å². The van der Waals surface area contributed by atoms with Gasteiger partial charge in [0.2, 0.25) is 5.88 Å². The quantitative estimate of drug-likeness (QED) is 0.749. The van der Waals surface area contributed by atoms with Gasteiger partial charge in [0.05, 0.1) is 6.61 Å². The summed E-state index contributed by atoms with van der Waals surface area (Å²) < 4.78 is 5.66. The van der Waals surface area contributed by atoms with Crippen LogP contribution >= 0.6 is 0 Å². The first kappa shape index (κ1) is 12.1. The van der Waals surface area contributed by atoms with E-state index in [-0.39, 0.29) is 5.78 Å². The summed E-state index contributed by atoms with van der Waals surface area (Å²) in [5.74, 6) is 1.34. The highest BCUT2D eigenvalue weighted by Gasteiger charge is 2.14. The van der Waals surface area contributed by atoms with E-state index < -0.39 is 0 Å². The van der Waals surface area contributed by atoms with Gasteiger partial charge < -0.3 is 4.74 Å². The third-order valence-electron chi connectivity index (χ3n) is 3.33. The van der Waals surface area contributed by atoms with Crippen molar-refractivity contribution >= 4 is 5.78 Å². The first-order valence-electron chi connectivity index (χ1n) is 6.35. The van der Waals surface area contributed by atoms with Crippen LogP contribution in [-0.2, 0) is 0 Å². The second kappa shape index (κ2) is 5.80. The predicted molar refractivity (Wildman–Crippen MR) is 66.3 cm³/mol. The van der Waals surface area contributed by atoms with E-state index in [0.717, 1.165) is 6.61 Å². The number of hydrogen-bond acceptors (Lipinski definition) is 3. The average molecular weight is 233 g/mol. The Morgan fingerprint density at radius 3 is 2.71 bits per heavy atom. The molecule has 2 rings (SSSR count). The molecule has 1 aromatic heterocycles. The van der Waals surface area contributed by atoms with Crippen molar-refractivity contribution in [3.8, 4) is 5.88 Å². The summed E-state index contributed by atoms with van der Waals surface area (Å²) in [7, 11) is 0. The molecule has 0 bridgehead atoms. The topological polar surface area (TPSA) is 39.2 Å². The van der Waals surface area contributed by atoms with Crippen molar-refractivity contribution in [2.45, 2.75) is 39.0 Å². The summed E-state index contributed by atoms with van der Waals surface area (Å²) >= 11 is 0. The zero-order valence-electron chi connectivity index (χ0n) is 10.3. The van der Waals surface area contributed by atoms with Crippen LogP contribution in [0.1, 0.15) is 49.4 Å². The van der Waals surface area contributed by atoms with E-state index in [1.807, 2.05) is 0 Å². The smallest absolute Gasteiger partial charge is 0.213 e. The Labute approximate surface area is 102 Å². The molecule has 0 radical (unpaired) electrons. The molecular formula is C14H19NO2. The molecule has 0 saturated heterocycles. The van der Waals surface area contributed by atoms with Gasteiger partial charge >= 0.3 is 0 Å². The van der Waals surface area contributed by atoms with Crippen LogP contribution in [0.15, 0.2) is 18.3 Å². The van der Waals surface area contributed by atoms with Gasteiger partial charge in [0.25, 0.3) is 0 Å². The largest absolute Gasteiger partial charge is 0.477 e. The molecule has 0 N–H and O–H groups in total. The molecule has 0 spiro atoms. The first-order valence-corrected chi connectivity index (χ1v) is 6.35. The van der Waals surface area contributed by atoms with Crippen LogP contribution in [0.4, 0.5) is 0 Å². The summed E-state index contributed by atoms with van der Waals surface area (Å²) in [6.07, 6.45) is 8.13. The highest BCUT2D eigenvalue weighted by molar-refractivity contribution is 5.93. The van der Waals surface area contributed by atoms with Crippen LogP contribution < -0.4 is 4.74 Å². The fourth-order valence-corrected chi connectivity index (χ4v) is 2.23. The molecule has 0 atom stereocenters. The Kier molecular flexibility index (Phi) is 4.13. The van der Waals surface area contributed by atoms with Gasteiger partial charge in [0, 0.05) is 17.8 Å². The van der Waals surface area contributed by atoms with Crippen molar-refractivity contribution < 1.29 is 9.53 Å². The summed E-state index contributed by atoms with van der Waals surface area (Å²) in [6, 6.07) is 3.55. The Hall–Kier alpha value is -1.38. The number of rotatable bonds is 4. The second-order valence-corrected chi connectivity index (χ2v) is 4.76. The van der Waals surface area contributed by atoms with Crippen molar-refractivity contribution in [1.82, 2.24) is 4.98 Å². The highest BCUT2D eigenvalue weighted by Crippen LogP contribution is 2.24. The van der Waals surface area contributed by atoms with Crippen LogP contribution in [0, 0.1) is 5.92 Å². The summed E-state index contributed by atoms with van der Waals surface area (Å²) in [5.41, 5.74) is 0.634. The van der Waals surface area contributed by atoms with Crippen molar-refractivity contribution in [2.24, 2.45) is 5.92 Å². The number of carbonyl (C=O) groups excluding carboxylic acids is 1. The monoisotopic (exact) mass is 233 g/mol. The molecule has 0 aromatic carbocycles. The normalized spacial score (nSPS) is 16.8. The number of nitrogens with zero attached hydrogens (tertiary/aromatic N) is 1. The lowest BCUT2D eigenvalue weighted by atomic mass is 9.90. The number of ketones is 1. The second-order valence-electron chi connectivity index (χ2n) is 4.76. The van der Waals surface area contributed by atoms with E-state index in [2.05, 4.69) is 4.98 Å². The maximum atomic E-state index is 11.1. The molecule has 1 fully saturated rings. The molecule has 0 aliphatic heterocycles. The maximum absolute atomic E-state index is 11.1. The predicted octanol–water partition coefficient (Wildman–Crippen LogP) is 3.24. The maximum Gasteiger partial charge on any atom is 0.213 e. The SMILES string of the molecule is CC(=O)c1ccc(OCC2CCCCC2)nc1. The molecule has 0 amide bonds. The zero-order valence-corrected chi connectivity index (χ0v) is 10.3. The van der Waals surface area contributed by atoms with Gasteiger partial charge in [-0.25, -0.2) is 4.98 Å². The molecule has 3 heteroatoms. The fourth-order valence-electron chi connectivity index (χ4n) is 2.23. The molecule has 92 valence electrons. The van der Waals surface area contributed by atoms with Crippen molar-refractivity contribution in [3.05, 3.63) is 23.9 Å². The summed E-state index contributed by atoms with van der Waals surface area (Å²) in [5, 5.41) is 0. The molecule has 17 heavy (non-hydrogen) atoms. The van der Waals surface area contributed by atoms with Crippen LogP contribution in [-0.4, -0.2) is 17.4 Å². The number of aromatic nitrogens is 1. The van der Waals surface area contributed by atoms with Crippen LogP contribution in [0.5, 0.6) is 5.88 Å². The van der Waals surface area contributed by atoms with Crippen molar-refractivity contribution in [2.75, 3.05) is 6.61 Å². The Balaban J connectivity index is 1.84. The third kappa shape index (κ3) is 3.55. The van der Waals surface area contributed by atoms with Gasteiger partial charge in [0.1, 0.15) is 0 Å². The lowest BCUT2D eigenvalue weighted by Gasteiger charge is -2.21. The van der Waals surface area contributed by atoms with E-state index in [4.69, 9.17) is 4.74 Å². The lowest BCUT2D eigenvalue weighted by molar-refractivity contribution is 0.101. The molecule has 0 unspecified atom stereocenters. The van der Waals surface area contributed by atoms with Crippen LogP contribution in [0.2, 0.25) is 0 Å². The van der Waals surface area contributed by atoms with Crippen molar-refractivity contribution in [3.63, 3.8) is 0 Å². The standard InChI is InChI=1S/C14H19NO2/c1-11(16)13-7-8-14(15-9-13)17-10-12-5-3-2-4-6-12/h7-9,12H,2-6,10H2,1H3. The number of ether oxygens (including phenoxy) is 1. The molecule has 1 heterocycles. The molecular weight excluding hydrogens is 214 g/mol. The number of hydrogen-bond donors (Lipinski definition) is 0. The lowest BCUT2D eigenvalue weighted by Crippen LogP contribution is -2.15. The Morgan fingerprint density at radius 1 is 1.35 bits per heavy atom. The van der Waals surface area contributed by atoms with Gasteiger partial charge in [-0.3, -0.25) is 4.79 Å². The molecule has 3 nitrogen and oxygen atoms in total. The minimum absolute atomic E-state index is 0.0383. The van der Waals surface area contributed by atoms with Gasteiger partial charge in [-0.2, -0.15) is 0 Å². The van der Waals surface area contributed by atoms with E-state index in [9.17, 15) is 4.79 Å². The van der Waals surface area contributed by atoms with Gasteiger partial charge in [-0.05, 0) is 31.7 Å². The Bertz CT molecular complexity index is 366. The van der Waals surface area contributed by atoms with E-state index >= 15 is 0 Å². The van der Waals surface area contributed by atoms with E-state index in [0.29, 0.717) is 17.4 Å². The van der Waals surface area contributed by atoms with Crippen LogP contribution in [0.3, 0.4) is 0 Å². The van der Waals surface area contributed by atoms with Gasteiger partial charge in [0.15, 0.2) is 5.78 Å². The number of carbonyl (C=O) groups is 1. The third-order valence-corrected chi connectivity index (χ3v) is 3.33. The molecule has 1 aromatic rings. The van der Waals surface area contributed by atoms with Gasteiger partial charge in [-0.15, -0.1) is 0 Å². The molecule has 1 aliphatic carbocycles. The number of Topliss-reactive ketones (excluding diaryl/α,β-unsaturated/α-hetero) is 1. The zero-order chi connectivity index (χ0) is 12.1. The van der Waals surface area contributed by atoms with E-state index in [1.165, 1.54) is 32.1 Å². The molecule has 1 aliphatic rings. The first-order chi connectivity index (χ1) is 8.25. The van der Waals surface area contributed by atoms with E-state index in [1.54, 1.807) is 25.3 Å². The van der Waals surface area contributed by atoms with Crippen LogP contribution in [0.25, 0.3) is 0 Å². The highest BCUT2D eigenvalue weighted by atomic mass is 16.5. The minimum Gasteiger partial charge on any atom is -0.477 e. The summed E-state index contributed by atoms with van der Waals surface area (Å²) in [4.78, 5) is 15.2. The summed E-state index contributed by atoms with van der Waals surface area (Å²) in [6.45, 7) is 2.30. The average Bonchev–Trinajstić information content (AvgIpc) is 2.38. The fraction of sp³-hybridized carbons (Fsp3) is 0.571. The minimum atomic E-state index is 0.0383. The number of pyridine rings is 1.